The van der Waals surface area contributed by atoms with Crippen molar-refractivity contribution in [2.75, 3.05) is 6.54 Å². The van der Waals surface area contributed by atoms with E-state index in [0.717, 1.165) is 57.8 Å². The zero-order chi connectivity index (χ0) is 37.3. The van der Waals surface area contributed by atoms with Crippen LogP contribution in [-0.4, -0.2) is 76.2 Å². The van der Waals surface area contributed by atoms with Crippen LogP contribution in [-0.2, 0) is 18.7 Å². The molecule has 15 heteroatoms. The summed E-state index contributed by atoms with van der Waals surface area (Å²) in [7, 11) is -11.1. The van der Waals surface area contributed by atoms with Gasteiger partial charge in [-0.25, -0.2) is 4.79 Å². The van der Waals surface area contributed by atoms with Crippen LogP contribution in [0.1, 0.15) is 137 Å². The number of Topliss-reactive ketones (excluding diaryl/α,β-unsaturated/α-hetero) is 1. The molecule has 0 aliphatic heterocycles. The normalized spacial score (nSPS) is 35.7. The molecule has 0 radical (unpaired) electrons. The van der Waals surface area contributed by atoms with E-state index >= 15 is 0 Å². The second-order valence-electron chi connectivity index (χ2n) is 16.9. The Hall–Kier alpha value is -0.880. The zero-order valence-electron chi connectivity index (χ0n) is 30.3. The Morgan fingerprint density at radius 1 is 0.820 bits per heavy atom. The third-order valence-electron chi connectivity index (χ3n) is 13.8. The minimum atomic E-state index is -5.55. The second-order valence-corrected chi connectivity index (χ2v) is 20.9. The molecule has 8 N–H and O–H groups in total. The number of nitrogens with one attached hydrogen (secondary N) is 1. The van der Waals surface area contributed by atoms with Crippen molar-refractivity contribution in [3.8, 4) is 0 Å². The highest BCUT2D eigenvalue weighted by Crippen LogP contribution is 2.70. The number of aliphatic hydroxyl groups excluding tert-OH is 1. The highest BCUT2D eigenvalue weighted by molar-refractivity contribution is 7.72. The first-order chi connectivity index (χ1) is 23.1. The molecule has 4 saturated carbocycles. The van der Waals surface area contributed by atoms with Crippen molar-refractivity contribution in [1.82, 2.24) is 5.32 Å². The van der Waals surface area contributed by atoms with E-state index in [4.69, 9.17) is 4.74 Å². The summed E-state index contributed by atoms with van der Waals surface area (Å²) >= 11 is 0. The highest BCUT2D eigenvalue weighted by atomic mass is 31.2. The summed E-state index contributed by atoms with van der Waals surface area (Å²) in [6.45, 7) is 8.62. The number of alkyl carbamates (subject to hydrolysis) is 1. The number of fused-ring (bicyclic) bond motifs is 5. The molecule has 4 aliphatic carbocycles. The first kappa shape index (κ1) is 41.9. The maximum Gasteiger partial charge on any atom is 0.407 e. The van der Waals surface area contributed by atoms with Crippen molar-refractivity contribution in [3.05, 3.63) is 0 Å². The Morgan fingerprint density at radius 2 is 1.44 bits per heavy atom. The van der Waals surface area contributed by atoms with Crippen molar-refractivity contribution in [2.45, 2.75) is 160 Å². The smallest absolute Gasteiger partial charge is 0.407 e. The number of rotatable bonds is 16. The first-order valence-electron chi connectivity index (χ1n) is 18.8. The molecule has 0 aromatic rings. The molecule has 0 saturated heterocycles. The number of aliphatic hydroxyl groups is 3. The lowest BCUT2D eigenvalue weighted by Crippen LogP contribution is -2.59. The zero-order valence-corrected chi connectivity index (χ0v) is 32.1. The first-order valence-corrected chi connectivity index (χ1v) is 22.0. The molecule has 50 heavy (non-hydrogen) atoms. The van der Waals surface area contributed by atoms with E-state index in [0.29, 0.717) is 30.6 Å². The van der Waals surface area contributed by atoms with Gasteiger partial charge in [-0.05, 0) is 124 Å². The van der Waals surface area contributed by atoms with E-state index in [1.807, 2.05) is 0 Å². The van der Waals surface area contributed by atoms with Crippen LogP contribution in [0.2, 0.25) is 0 Å². The number of ether oxygens (including phenoxy) is 1. The van der Waals surface area contributed by atoms with Gasteiger partial charge in [-0.3, -0.25) is 13.9 Å². The Bertz CT molecular complexity index is 1280. The molecule has 0 heterocycles. The van der Waals surface area contributed by atoms with E-state index in [9.17, 15) is 53.6 Å². The van der Waals surface area contributed by atoms with Gasteiger partial charge in [-0.15, -0.1) is 0 Å². The molecule has 0 aromatic carbocycles. The SMILES string of the molecule is CCCCCC[C@](C)(O)[C@H]1CC[C@H]2[C@@H]3C[C@H](O)[C@H]4C[C@@H](OC(=O)NCC(=O)CCCCC(O)(P(=O)(O)O)P(=O)(O)O)CC[C@]4(C)[C@H]3CC[C@@]21C. The molecule has 10 atom stereocenters. The van der Waals surface area contributed by atoms with Gasteiger partial charge in [-0.2, -0.15) is 0 Å². The van der Waals surface area contributed by atoms with Gasteiger partial charge < -0.3 is 44.9 Å². The van der Waals surface area contributed by atoms with Gasteiger partial charge in [-0.1, -0.05) is 46.5 Å². The summed E-state index contributed by atoms with van der Waals surface area (Å²) in [6, 6.07) is 0. The number of ketones is 1. The average molecular weight is 752 g/mol. The third kappa shape index (κ3) is 8.57. The third-order valence-corrected chi connectivity index (χ3v) is 17.6. The van der Waals surface area contributed by atoms with Crippen molar-refractivity contribution in [1.29, 1.82) is 0 Å². The molecular formula is C35H63NO12P2. The quantitative estimate of drug-likeness (QED) is 0.0716. The Kier molecular flexibility index (Phi) is 13.3. The van der Waals surface area contributed by atoms with E-state index in [-0.39, 0.29) is 48.5 Å². The number of carbonyl (C=O) groups is 2. The highest BCUT2D eigenvalue weighted by Gasteiger charge is 2.64. The van der Waals surface area contributed by atoms with Gasteiger partial charge in [0, 0.05) is 6.42 Å². The lowest BCUT2D eigenvalue weighted by molar-refractivity contribution is -0.179. The molecule has 0 spiro atoms. The fraction of sp³-hybridized carbons (Fsp3) is 0.943. The number of hydrogen-bond acceptors (Lipinski definition) is 8. The van der Waals surface area contributed by atoms with Gasteiger partial charge in [0.1, 0.15) is 6.10 Å². The van der Waals surface area contributed by atoms with Gasteiger partial charge >= 0.3 is 21.3 Å². The van der Waals surface area contributed by atoms with Crippen LogP contribution >= 0.6 is 15.2 Å². The number of amides is 1. The molecule has 0 bridgehead atoms. The van der Waals surface area contributed by atoms with Crippen molar-refractivity contribution in [3.63, 3.8) is 0 Å². The molecule has 4 fully saturated rings. The van der Waals surface area contributed by atoms with Crippen LogP contribution in [0.3, 0.4) is 0 Å². The summed E-state index contributed by atoms with van der Waals surface area (Å²) in [5, 5.41) is 32.2. The summed E-state index contributed by atoms with van der Waals surface area (Å²) in [5.41, 5.74) is -0.703. The molecular weight excluding hydrogens is 688 g/mol. The Morgan fingerprint density at radius 3 is 2.08 bits per heavy atom. The van der Waals surface area contributed by atoms with Gasteiger partial charge in [0.05, 0.1) is 18.2 Å². The minimum absolute atomic E-state index is 0.0138. The lowest BCUT2D eigenvalue weighted by Gasteiger charge is -2.62. The van der Waals surface area contributed by atoms with Crippen molar-refractivity contribution in [2.24, 2.45) is 40.4 Å². The van der Waals surface area contributed by atoms with Crippen LogP contribution < -0.4 is 5.32 Å². The molecule has 4 aliphatic rings. The van der Waals surface area contributed by atoms with Crippen LogP contribution in [0.5, 0.6) is 0 Å². The predicted octanol–water partition coefficient (Wildman–Crippen LogP) is 5.56. The van der Waals surface area contributed by atoms with Crippen LogP contribution in [0, 0.1) is 40.4 Å². The second kappa shape index (κ2) is 15.8. The molecule has 0 aromatic heterocycles. The van der Waals surface area contributed by atoms with E-state index in [1.54, 1.807) is 0 Å². The van der Waals surface area contributed by atoms with E-state index < -0.39 is 56.4 Å². The minimum Gasteiger partial charge on any atom is -0.446 e. The fourth-order valence-corrected chi connectivity index (χ4v) is 13.3. The van der Waals surface area contributed by atoms with Crippen molar-refractivity contribution >= 4 is 27.1 Å². The fourth-order valence-electron chi connectivity index (χ4n) is 11.1. The van der Waals surface area contributed by atoms with Crippen LogP contribution in [0.15, 0.2) is 0 Å². The topological polar surface area (TPSA) is 231 Å². The summed E-state index contributed by atoms with van der Waals surface area (Å²) in [4.78, 5) is 61.9. The van der Waals surface area contributed by atoms with Gasteiger partial charge in [0.15, 0.2) is 5.78 Å². The summed E-state index contributed by atoms with van der Waals surface area (Å²) < 4.78 is 28.7. The largest absolute Gasteiger partial charge is 0.446 e. The predicted molar refractivity (Wildman–Crippen MR) is 187 cm³/mol. The Balaban J connectivity index is 1.26. The molecule has 4 rings (SSSR count). The average Bonchev–Trinajstić information content (AvgIpc) is 3.38. The van der Waals surface area contributed by atoms with Crippen LogP contribution in [0.4, 0.5) is 4.79 Å². The lowest BCUT2D eigenvalue weighted by atomic mass is 9.43. The number of hydrogen-bond donors (Lipinski definition) is 8. The number of unbranched alkanes of at least 4 members (excludes halogenated alkanes) is 4. The maximum atomic E-state index is 12.6. The van der Waals surface area contributed by atoms with Gasteiger partial charge in [0.2, 0.25) is 0 Å². The number of carbonyl (C=O) groups excluding carboxylic acids is 2. The Labute approximate surface area is 297 Å². The molecule has 13 nitrogen and oxygen atoms in total. The monoisotopic (exact) mass is 751 g/mol. The molecule has 1 amide bonds. The van der Waals surface area contributed by atoms with E-state index in [1.165, 1.54) is 12.8 Å². The molecule has 0 unspecified atom stereocenters. The van der Waals surface area contributed by atoms with Gasteiger partial charge in [0.25, 0.3) is 5.08 Å². The molecule has 290 valence electrons. The summed E-state index contributed by atoms with van der Waals surface area (Å²) in [6.07, 6.45) is 9.50. The van der Waals surface area contributed by atoms with Crippen LogP contribution in [0.25, 0.3) is 0 Å². The maximum absolute atomic E-state index is 12.6. The van der Waals surface area contributed by atoms with E-state index in [2.05, 4.69) is 33.0 Å². The van der Waals surface area contributed by atoms with Crippen molar-refractivity contribution < 1.29 is 58.3 Å². The summed E-state index contributed by atoms with van der Waals surface area (Å²) in [5.74, 6) is 1.18. The standard InChI is InChI=1S/C35H63NO12P2/c1-5-6-7-9-16-34(4,40)30-13-12-26-25-21-29(38)28-20-24(14-18-32(28,2)27(25)15-19-33(26,30)3)48-31(39)36-22-23(37)11-8-10-17-35(41,49(42,43)44)50(45,46)47/h24-30,38,40-41H,5-22H2,1-4H3,(H,36,39)(H2,42,43,44)(H2,45,46,47)/t24-,25-,26-,27-,28+,29-,30-,32+,33-,34-/m0/s1.